The molecule has 1 saturated heterocycles. The number of thiazole rings is 1. The summed E-state index contributed by atoms with van der Waals surface area (Å²) in [7, 11) is -2.14. The van der Waals surface area contributed by atoms with Gasteiger partial charge in [0, 0.05) is 18.7 Å². The zero-order valence-electron chi connectivity index (χ0n) is 17.7. The summed E-state index contributed by atoms with van der Waals surface area (Å²) in [4.78, 5) is 17.2. The van der Waals surface area contributed by atoms with Crippen molar-refractivity contribution in [3.05, 3.63) is 47.0 Å². The van der Waals surface area contributed by atoms with Crippen LogP contribution in [-0.2, 0) is 14.8 Å². The van der Waals surface area contributed by atoms with Crippen molar-refractivity contribution in [1.82, 2.24) is 9.29 Å². The summed E-state index contributed by atoms with van der Waals surface area (Å²) in [5.41, 5.74) is 0.876. The van der Waals surface area contributed by atoms with Gasteiger partial charge >= 0.3 is 0 Å². The van der Waals surface area contributed by atoms with Crippen LogP contribution in [0.4, 0.5) is 5.13 Å². The van der Waals surface area contributed by atoms with Crippen LogP contribution in [0.1, 0.15) is 24.2 Å². The van der Waals surface area contributed by atoms with Crippen molar-refractivity contribution in [2.75, 3.05) is 25.5 Å². The molecule has 0 aliphatic carbocycles. The van der Waals surface area contributed by atoms with Gasteiger partial charge in [0.25, 0.3) is 5.91 Å². The van der Waals surface area contributed by atoms with E-state index in [1.54, 1.807) is 12.1 Å². The Kier molecular flexibility index (Phi) is 6.42. The van der Waals surface area contributed by atoms with Gasteiger partial charge in [-0.25, -0.2) is 13.4 Å². The molecule has 0 unspecified atom stereocenters. The normalized spacial score (nSPS) is 19.8. The third-order valence-electron chi connectivity index (χ3n) is 5.04. The van der Waals surface area contributed by atoms with Gasteiger partial charge in [0.2, 0.25) is 10.0 Å². The average molecular weight is 496 g/mol. The summed E-state index contributed by atoms with van der Waals surface area (Å²) in [5.74, 6) is 0.152. The SMILES string of the molecule is COc1ccc(Cl)c2sc(NC(=O)c3ccc(S(=O)(=O)N4C[C@@H](C)O[C@@H](C)C4)cc3)nc12. The maximum atomic E-state index is 13.0. The number of carbonyl (C=O) groups excluding carboxylic acids is 1. The van der Waals surface area contributed by atoms with Gasteiger partial charge < -0.3 is 9.47 Å². The third kappa shape index (κ3) is 4.46. The number of aromatic nitrogens is 1. The summed E-state index contributed by atoms with van der Waals surface area (Å²) in [6.07, 6.45) is -0.362. The van der Waals surface area contributed by atoms with Crippen molar-refractivity contribution in [2.45, 2.75) is 31.0 Å². The number of rotatable bonds is 5. The molecule has 0 bridgehead atoms. The predicted octanol–water partition coefficient (Wildman–Crippen LogP) is 4.01. The lowest BCUT2D eigenvalue weighted by Gasteiger charge is -2.34. The highest BCUT2D eigenvalue weighted by Crippen LogP contribution is 2.37. The van der Waals surface area contributed by atoms with Crippen molar-refractivity contribution >= 4 is 54.2 Å². The van der Waals surface area contributed by atoms with Crippen LogP contribution in [0.5, 0.6) is 5.75 Å². The van der Waals surface area contributed by atoms with Crippen LogP contribution in [-0.4, -0.2) is 56.0 Å². The number of anilines is 1. The number of morpholine rings is 1. The van der Waals surface area contributed by atoms with E-state index in [1.165, 1.54) is 47.0 Å². The molecule has 1 aromatic heterocycles. The second-order valence-electron chi connectivity index (χ2n) is 7.50. The van der Waals surface area contributed by atoms with Gasteiger partial charge in [-0.3, -0.25) is 10.1 Å². The first-order chi connectivity index (χ1) is 15.2. The van der Waals surface area contributed by atoms with Crippen LogP contribution in [0.25, 0.3) is 10.2 Å². The maximum absolute atomic E-state index is 13.0. The van der Waals surface area contributed by atoms with Gasteiger partial charge in [0.15, 0.2) is 5.13 Å². The molecule has 1 fully saturated rings. The number of sulfonamides is 1. The zero-order chi connectivity index (χ0) is 23.0. The van der Waals surface area contributed by atoms with E-state index in [-0.39, 0.29) is 17.1 Å². The number of halogens is 1. The Morgan fingerprint density at radius 1 is 1.19 bits per heavy atom. The molecule has 1 N–H and O–H groups in total. The topological polar surface area (TPSA) is 97.8 Å². The van der Waals surface area contributed by atoms with E-state index < -0.39 is 15.9 Å². The molecule has 8 nitrogen and oxygen atoms in total. The molecule has 2 heterocycles. The van der Waals surface area contributed by atoms with E-state index >= 15 is 0 Å². The van der Waals surface area contributed by atoms with E-state index in [0.29, 0.717) is 44.8 Å². The first-order valence-corrected chi connectivity index (χ1v) is 12.5. The molecule has 0 saturated carbocycles. The summed E-state index contributed by atoms with van der Waals surface area (Å²) < 4.78 is 39.0. The molecule has 3 aromatic rings. The van der Waals surface area contributed by atoms with Crippen LogP contribution < -0.4 is 10.1 Å². The Morgan fingerprint density at radius 3 is 2.47 bits per heavy atom. The second-order valence-corrected chi connectivity index (χ2v) is 10.8. The van der Waals surface area contributed by atoms with E-state index in [2.05, 4.69) is 10.3 Å². The van der Waals surface area contributed by atoms with Crippen molar-refractivity contribution in [3.63, 3.8) is 0 Å². The van der Waals surface area contributed by atoms with Crippen molar-refractivity contribution < 1.29 is 22.7 Å². The number of nitrogens with zero attached hydrogens (tertiary/aromatic N) is 2. The third-order valence-corrected chi connectivity index (χ3v) is 8.32. The zero-order valence-corrected chi connectivity index (χ0v) is 20.1. The Balaban J connectivity index is 1.52. The fourth-order valence-electron chi connectivity index (χ4n) is 3.59. The van der Waals surface area contributed by atoms with Gasteiger partial charge in [0.05, 0.1) is 33.9 Å². The van der Waals surface area contributed by atoms with Gasteiger partial charge in [-0.05, 0) is 50.2 Å². The highest BCUT2D eigenvalue weighted by atomic mass is 35.5. The second kappa shape index (κ2) is 8.95. The van der Waals surface area contributed by atoms with Crippen molar-refractivity contribution in [2.24, 2.45) is 0 Å². The van der Waals surface area contributed by atoms with E-state index in [4.69, 9.17) is 21.1 Å². The molecule has 1 aliphatic rings. The summed E-state index contributed by atoms with van der Waals surface area (Å²) in [6, 6.07) is 9.26. The molecule has 32 heavy (non-hydrogen) atoms. The minimum atomic E-state index is -3.68. The predicted molar refractivity (Wildman–Crippen MR) is 124 cm³/mol. The fourth-order valence-corrected chi connectivity index (χ4v) is 6.34. The molecular weight excluding hydrogens is 474 g/mol. The number of ether oxygens (including phenoxy) is 2. The number of methoxy groups -OCH3 is 1. The smallest absolute Gasteiger partial charge is 0.257 e. The van der Waals surface area contributed by atoms with Crippen LogP contribution in [0, 0.1) is 0 Å². The van der Waals surface area contributed by atoms with Gasteiger partial charge in [0.1, 0.15) is 11.3 Å². The molecule has 2 aromatic carbocycles. The van der Waals surface area contributed by atoms with Gasteiger partial charge in [-0.2, -0.15) is 4.31 Å². The minimum Gasteiger partial charge on any atom is -0.494 e. The fraction of sp³-hybridized carbons (Fsp3) is 0.333. The van der Waals surface area contributed by atoms with Crippen molar-refractivity contribution in [1.29, 1.82) is 0 Å². The number of hydrogen-bond donors (Lipinski definition) is 1. The molecule has 11 heteroatoms. The van der Waals surface area contributed by atoms with Gasteiger partial charge in [-0.1, -0.05) is 22.9 Å². The monoisotopic (exact) mass is 495 g/mol. The van der Waals surface area contributed by atoms with Crippen LogP contribution >= 0.6 is 22.9 Å². The molecule has 0 spiro atoms. The Hall–Kier alpha value is -2.24. The van der Waals surface area contributed by atoms with Crippen molar-refractivity contribution in [3.8, 4) is 5.75 Å². The number of amides is 1. The van der Waals surface area contributed by atoms with Crippen LogP contribution in [0.3, 0.4) is 0 Å². The molecule has 4 rings (SSSR count). The standard InChI is InChI=1S/C21H22ClN3O5S2/c1-12-10-25(11-13(2)30-12)32(27,28)15-6-4-14(5-7-15)20(26)24-21-23-18-17(29-3)9-8-16(22)19(18)31-21/h4-9,12-13H,10-11H2,1-3H3,(H,23,24,26)/t12-,13+. The first kappa shape index (κ1) is 22.9. The number of benzene rings is 2. The molecule has 0 radical (unpaired) electrons. The molecular formula is C21H22ClN3O5S2. The molecule has 2 atom stereocenters. The maximum Gasteiger partial charge on any atom is 0.257 e. The highest BCUT2D eigenvalue weighted by molar-refractivity contribution is 7.89. The van der Waals surface area contributed by atoms with E-state index in [1.807, 2.05) is 13.8 Å². The highest BCUT2D eigenvalue weighted by Gasteiger charge is 2.32. The van der Waals surface area contributed by atoms with E-state index in [0.717, 1.165) is 0 Å². The van der Waals surface area contributed by atoms with Crippen LogP contribution in [0.2, 0.25) is 5.02 Å². The molecule has 1 aliphatic heterocycles. The number of nitrogens with one attached hydrogen (secondary N) is 1. The summed E-state index contributed by atoms with van der Waals surface area (Å²) in [5, 5.41) is 3.62. The largest absolute Gasteiger partial charge is 0.494 e. The lowest BCUT2D eigenvalue weighted by Crippen LogP contribution is -2.48. The van der Waals surface area contributed by atoms with Crippen LogP contribution in [0.15, 0.2) is 41.3 Å². The molecule has 1 amide bonds. The number of carbonyl (C=O) groups is 1. The Labute approximate surface area is 195 Å². The minimum absolute atomic E-state index is 0.131. The lowest BCUT2D eigenvalue weighted by atomic mass is 10.2. The van der Waals surface area contributed by atoms with Gasteiger partial charge in [-0.15, -0.1) is 0 Å². The number of fused-ring (bicyclic) bond motifs is 1. The Morgan fingerprint density at radius 2 is 1.84 bits per heavy atom. The average Bonchev–Trinajstić information content (AvgIpc) is 3.18. The van der Waals surface area contributed by atoms with E-state index in [9.17, 15) is 13.2 Å². The molecule has 170 valence electrons. The number of hydrogen-bond acceptors (Lipinski definition) is 7. The summed E-state index contributed by atoms with van der Waals surface area (Å²) >= 11 is 7.46. The summed E-state index contributed by atoms with van der Waals surface area (Å²) in [6.45, 7) is 4.27. The Bertz CT molecular complexity index is 1250. The first-order valence-electron chi connectivity index (χ1n) is 9.89. The lowest BCUT2D eigenvalue weighted by molar-refractivity contribution is -0.0440. The quantitative estimate of drug-likeness (QED) is 0.574.